The maximum Gasteiger partial charge on any atom is 0.340 e. The van der Waals surface area contributed by atoms with E-state index in [1.807, 2.05) is 6.07 Å². The van der Waals surface area contributed by atoms with E-state index in [4.69, 9.17) is 14.4 Å². The maximum atomic E-state index is 11.1. The number of nitrogens with zero attached hydrogens (tertiary/aromatic N) is 2. The van der Waals surface area contributed by atoms with Crippen molar-refractivity contribution in [2.24, 2.45) is 0 Å². The number of nitriles is 1. The minimum atomic E-state index is -0.508. The minimum Gasteiger partial charge on any atom is -0.494 e. The van der Waals surface area contributed by atoms with Crippen LogP contribution in [0.5, 0.6) is 5.75 Å². The van der Waals surface area contributed by atoms with Crippen molar-refractivity contribution in [2.75, 3.05) is 7.11 Å². The van der Waals surface area contributed by atoms with Crippen molar-refractivity contribution in [3.63, 3.8) is 0 Å². The molecule has 0 aliphatic rings. The third-order valence-corrected chi connectivity index (χ3v) is 1.89. The van der Waals surface area contributed by atoms with Gasteiger partial charge in [-0.2, -0.15) is 5.26 Å². The highest BCUT2D eigenvalue weighted by molar-refractivity contribution is 5.79. The van der Waals surface area contributed by atoms with Crippen LogP contribution >= 0.6 is 0 Å². The molecule has 0 aliphatic carbocycles. The topological polar surface area (TPSA) is 76.1 Å². The highest BCUT2D eigenvalue weighted by atomic mass is 16.5. The molecule has 2 rings (SSSR count). The molecule has 0 saturated heterocycles. The Balaban J connectivity index is 2.86. The molecule has 2 aromatic rings. The van der Waals surface area contributed by atoms with E-state index in [0.717, 1.165) is 0 Å². The Morgan fingerprint density at radius 2 is 2.33 bits per heavy atom. The molecular formula is C10H6N2O3. The van der Waals surface area contributed by atoms with Gasteiger partial charge in [-0.3, -0.25) is 0 Å². The molecule has 74 valence electrons. The molecule has 5 nitrogen and oxygen atoms in total. The van der Waals surface area contributed by atoms with Gasteiger partial charge in [-0.1, -0.05) is 0 Å². The first-order chi connectivity index (χ1) is 7.24. The van der Waals surface area contributed by atoms with Gasteiger partial charge in [-0.25, -0.2) is 9.78 Å². The van der Waals surface area contributed by atoms with Gasteiger partial charge in [0.2, 0.25) is 0 Å². The second-order valence-corrected chi connectivity index (χ2v) is 2.79. The van der Waals surface area contributed by atoms with Gasteiger partial charge >= 0.3 is 5.63 Å². The van der Waals surface area contributed by atoms with Gasteiger partial charge in [-0.05, 0) is 12.1 Å². The molecule has 0 aromatic carbocycles. The Morgan fingerprint density at radius 1 is 1.53 bits per heavy atom. The molecule has 2 heterocycles. The minimum absolute atomic E-state index is 0.245. The van der Waals surface area contributed by atoms with Crippen molar-refractivity contribution in [3.05, 3.63) is 34.3 Å². The number of aromatic nitrogens is 1. The van der Waals surface area contributed by atoms with E-state index in [1.165, 1.54) is 25.3 Å². The SMILES string of the molecule is COc1cc(=O)oc2ccc(C#N)nc12. The third-order valence-electron chi connectivity index (χ3n) is 1.89. The van der Waals surface area contributed by atoms with Crippen molar-refractivity contribution in [1.29, 1.82) is 5.26 Å². The van der Waals surface area contributed by atoms with Crippen LogP contribution in [-0.4, -0.2) is 12.1 Å². The lowest BCUT2D eigenvalue weighted by Crippen LogP contribution is -2.00. The summed E-state index contributed by atoms with van der Waals surface area (Å²) in [5.41, 5.74) is 0.412. The molecule has 0 atom stereocenters. The van der Waals surface area contributed by atoms with Gasteiger partial charge in [0.05, 0.1) is 13.2 Å². The molecule has 2 aromatic heterocycles. The zero-order valence-electron chi connectivity index (χ0n) is 7.85. The van der Waals surface area contributed by atoms with Crippen LogP contribution in [0.2, 0.25) is 0 Å². The Bertz CT molecular complexity index is 610. The summed E-state index contributed by atoms with van der Waals surface area (Å²) in [5, 5.41) is 8.67. The summed E-state index contributed by atoms with van der Waals surface area (Å²) in [6.45, 7) is 0. The summed E-state index contributed by atoms with van der Waals surface area (Å²) in [6.07, 6.45) is 0. The summed E-state index contributed by atoms with van der Waals surface area (Å²) in [5.74, 6) is 0.304. The van der Waals surface area contributed by atoms with E-state index >= 15 is 0 Å². The highest BCUT2D eigenvalue weighted by Crippen LogP contribution is 2.21. The van der Waals surface area contributed by atoms with Crippen LogP contribution < -0.4 is 10.4 Å². The Kier molecular flexibility index (Phi) is 2.10. The van der Waals surface area contributed by atoms with Crippen molar-refractivity contribution < 1.29 is 9.15 Å². The monoisotopic (exact) mass is 202 g/mol. The first-order valence-electron chi connectivity index (χ1n) is 4.13. The van der Waals surface area contributed by atoms with Crippen LogP contribution in [0.1, 0.15) is 5.69 Å². The lowest BCUT2D eigenvalue weighted by atomic mass is 10.3. The fraction of sp³-hybridized carbons (Fsp3) is 0.100. The lowest BCUT2D eigenvalue weighted by Gasteiger charge is -2.02. The highest BCUT2D eigenvalue weighted by Gasteiger charge is 2.07. The van der Waals surface area contributed by atoms with Gasteiger partial charge in [-0.15, -0.1) is 0 Å². The summed E-state index contributed by atoms with van der Waals surface area (Å²) in [6, 6.07) is 6.09. The predicted octanol–water partition coefficient (Wildman–Crippen LogP) is 1.07. The zero-order valence-corrected chi connectivity index (χ0v) is 7.85. The summed E-state index contributed by atoms with van der Waals surface area (Å²) >= 11 is 0. The van der Waals surface area contributed by atoms with Crippen LogP contribution in [0.4, 0.5) is 0 Å². The fourth-order valence-electron chi connectivity index (χ4n) is 1.24. The van der Waals surface area contributed by atoms with Crippen LogP contribution in [0.25, 0.3) is 11.1 Å². The molecule has 0 fully saturated rings. The number of hydrogen-bond donors (Lipinski definition) is 0. The first-order valence-corrected chi connectivity index (χ1v) is 4.13. The predicted molar refractivity (Wildman–Crippen MR) is 51.5 cm³/mol. The van der Waals surface area contributed by atoms with E-state index in [2.05, 4.69) is 4.98 Å². The second kappa shape index (κ2) is 3.42. The van der Waals surface area contributed by atoms with E-state index in [0.29, 0.717) is 16.8 Å². The zero-order chi connectivity index (χ0) is 10.8. The van der Waals surface area contributed by atoms with Crippen molar-refractivity contribution in [2.45, 2.75) is 0 Å². The largest absolute Gasteiger partial charge is 0.494 e. The number of hydrogen-bond acceptors (Lipinski definition) is 5. The number of ether oxygens (including phenoxy) is 1. The van der Waals surface area contributed by atoms with E-state index in [1.54, 1.807) is 0 Å². The Morgan fingerprint density at radius 3 is 3.00 bits per heavy atom. The quantitative estimate of drug-likeness (QED) is 0.691. The number of methoxy groups -OCH3 is 1. The summed E-state index contributed by atoms with van der Waals surface area (Å²) < 4.78 is 9.87. The average molecular weight is 202 g/mol. The molecule has 0 radical (unpaired) electrons. The molecule has 0 saturated carbocycles. The van der Waals surface area contributed by atoms with E-state index in [-0.39, 0.29) is 5.69 Å². The lowest BCUT2D eigenvalue weighted by molar-refractivity contribution is 0.412. The van der Waals surface area contributed by atoms with Crippen molar-refractivity contribution >= 4 is 11.1 Å². The summed E-state index contributed by atoms with van der Waals surface area (Å²) in [7, 11) is 1.43. The van der Waals surface area contributed by atoms with E-state index in [9.17, 15) is 4.79 Å². The molecule has 0 spiro atoms. The molecule has 0 amide bonds. The molecule has 5 heteroatoms. The van der Waals surface area contributed by atoms with Gasteiger partial charge in [0.15, 0.2) is 11.3 Å². The number of pyridine rings is 1. The van der Waals surface area contributed by atoms with Gasteiger partial charge in [0, 0.05) is 0 Å². The van der Waals surface area contributed by atoms with Gasteiger partial charge in [0.1, 0.15) is 17.3 Å². The Hall–Kier alpha value is -2.35. The van der Waals surface area contributed by atoms with Crippen LogP contribution in [-0.2, 0) is 0 Å². The molecule has 0 unspecified atom stereocenters. The number of fused-ring (bicyclic) bond motifs is 1. The van der Waals surface area contributed by atoms with Gasteiger partial charge in [0.25, 0.3) is 0 Å². The molecule has 0 N–H and O–H groups in total. The molecule has 15 heavy (non-hydrogen) atoms. The van der Waals surface area contributed by atoms with Crippen LogP contribution in [0.15, 0.2) is 27.4 Å². The van der Waals surface area contributed by atoms with Crippen LogP contribution in [0.3, 0.4) is 0 Å². The fourth-order valence-corrected chi connectivity index (χ4v) is 1.24. The van der Waals surface area contributed by atoms with Crippen LogP contribution in [0, 0.1) is 11.3 Å². The molecular weight excluding hydrogens is 196 g/mol. The first kappa shape index (κ1) is 9.21. The molecule has 0 bridgehead atoms. The number of rotatable bonds is 1. The molecule has 0 aliphatic heterocycles. The smallest absolute Gasteiger partial charge is 0.340 e. The average Bonchev–Trinajstić information content (AvgIpc) is 2.27. The van der Waals surface area contributed by atoms with Crippen molar-refractivity contribution in [3.8, 4) is 11.8 Å². The maximum absolute atomic E-state index is 11.1. The van der Waals surface area contributed by atoms with E-state index < -0.39 is 5.63 Å². The van der Waals surface area contributed by atoms with Gasteiger partial charge < -0.3 is 9.15 Å². The Labute approximate surface area is 84.5 Å². The summed E-state index contributed by atoms with van der Waals surface area (Å²) in [4.78, 5) is 15.1. The standard InChI is InChI=1S/C10H6N2O3/c1-14-8-4-9(13)15-7-3-2-6(5-11)12-10(7)8/h2-4H,1H3. The van der Waals surface area contributed by atoms with Crippen molar-refractivity contribution in [1.82, 2.24) is 4.98 Å². The second-order valence-electron chi connectivity index (χ2n) is 2.79. The third kappa shape index (κ3) is 1.53. The normalized spacial score (nSPS) is 9.87.